The third-order valence-electron chi connectivity index (χ3n) is 1.84. The van der Waals surface area contributed by atoms with Gasteiger partial charge in [0.2, 0.25) is 0 Å². The summed E-state index contributed by atoms with van der Waals surface area (Å²) in [4.78, 5) is 0. The molecule has 0 aromatic heterocycles. The first-order valence-corrected chi connectivity index (χ1v) is 6.80. The SMILES string of the molecule is CS(=O)(=O)OCCCOc1ccc(C#N)cc1. The van der Waals surface area contributed by atoms with Gasteiger partial charge in [0.25, 0.3) is 10.1 Å². The molecule has 1 aromatic rings. The van der Waals surface area contributed by atoms with Gasteiger partial charge >= 0.3 is 0 Å². The standard InChI is InChI=1S/C11H13NO4S/c1-17(13,14)16-8-2-7-15-11-5-3-10(9-12)4-6-11/h3-6H,2,7-8H2,1H3. The highest BCUT2D eigenvalue weighted by Gasteiger charge is 2.01. The lowest BCUT2D eigenvalue weighted by Gasteiger charge is -2.05. The van der Waals surface area contributed by atoms with Gasteiger partial charge < -0.3 is 4.74 Å². The predicted molar refractivity (Wildman–Crippen MR) is 62.1 cm³/mol. The second-order valence-electron chi connectivity index (χ2n) is 3.36. The van der Waals surface area contributed by atoms with Crippen LogP contribution in [-0.4, -0.2) is 27.9 Å². The van der Waals surface area contributed by atoms with E-state index in [4.69, 9.17) is 10.00 Å². The van der Waals surface area contributed by atoms with Gasteiger partial charge in [0.1, 0.15) is 5.75 Å². The van der Waals surface area contributed by atoms with E-state index in [1.165, 1.54) is 0 Å². The summed E-state index contributed by atoms with van der Waals surface area (Å²) in [5.74, 6) is 0.642. The number of benzene rings is 1. The fourth-order valence-corrected chi connectivity index (χ4v) is 1.51. The Morgan fingerprint density at radius 2 is 1.88 bits per heavy atom. The summed E-state index contributed by atoms with van der Waals surface area (Å²) in [7, 11) is -3.37. The van der Waals surface area contributed by atoms with Crippen LogP contribution < -0.4 is 4.74 Å². The van der Waals surface area contributed by atoms with Crippen LogP contribution in [0.15, 0.2) is 24.3 Å². The van der Waals surface area contributed by atoms with Crippen molar-refractivity contribution in [1.29, 1.82) is 5.26 Å². The molecule has 0 unspecified atom stereocenters. The zero-order chi connectivity index (χ0) is 12.7. The Kier molecular flexibility index (Phi) is 4.94. The molecule has 0 aliphatic carbocycles. The Hall–Kier alpha value is -1.58. The summed E-state index contributed by atoms with van der Waals surface area (Å²) in [6.45, 7) is 0.469. The van der Waals surface area contributed by atoms with Crippen LogP contribution in [0.1, 0.15) is 12.0 Å². The minimum Gasteiger partial charge on any atom is -0.494 e. The molecule has 5 nitrogen and oxygen atoms in total. The number of hydrogen-bond donors (Lipinski definition) is 0. The number of nitrogens with zero attached hydrogens (tertiary/aromatic N) is 1. The van der Waals surface area contributed by atoms with Crippen LogP contribution in [0, 0.1) is 11.3 Å². The largest absolute Gasteiger partial charge is 0.494 e. The predicted octanol–water partition coefficient (Wildman–Crippen LogP) is 1.30. The summed E-state index contributed by atoms with van der Waals surface area (Å²) >= 11 is 0. The highest BCUT2D eigenvalue weighted by molar-refractivity contribution is 7.85. The lowest BCUT2D eigenvalue weighted by molar-refractivity contribution is 0.252. The molecule has 1 aromatic carbocycles. The van der Waals surface area contributed by atoms with Gasteiger partial charge in [0.15, 0.2) is 0 Å². The maximum absolute atomic E-state index is 10.6. The second-order valence-corrected chi connectivity index (χ2v) is 5.01. The Bertz CT molecular complexity index is 487. The van der Waals surface area contributed by atoms with E-state index in [9.17, 15) is 8.42 Å². The highest BCUT2D eigenvalue weighted by Crippen LogP contribution is 2.11. The van der Waals surface area contributed by atoms with E-state index < -0.39 is 10.1 Å². The lowest BCUT2D eigenvalue weighted by Crippen LogP contribution is -2.07. The van der Waals surface area contributed by atoms with E-state index in [-0.39, 0.29) is 6.61 Å². The topological polar surface area (TPSA) is 76.4 Å². The maximum atomic E-state index is 10.6. The molecule has 0 atom stereocenters. The zero-order valence-corrected chi connectivity index (χ0v) is 10.2. The minimum atomic E-state index is -3.37. The van der Waals surface area contributed by atoms with Crippen LogP contribution in [0.5, 0.6) is 5.75 Å². The van der Waals surface area contributed by atoms with Crippen LogP contribution in [0.25, 0.3) is 0 Å². The van der Waals surface area contributed by atoms with Gasteiger partial charge in [-0.25, -0.2) is 0 Å². The van der Waals surface area contributed by atoms with E-state index in [1.54, 1.807) is 24.3 Å². The average molecular weight is 255 g/mol. The van der Waals surface area contributed by atoms with Crippen molar-refractivity contribution in [2.24, 2.45) is 0 Å². The summed E-state index contributed by atoms with van der Waals surface area (Å²) < 4.78 is 31.2. The van der Waals surface area contributed by atoms with Crippen molar-refractivity contribution in [3.63, 3.8) is 0 Å². The van der Waals surface area contributed by atoms with Crippen molar-refractivity contribution in [2.75, 3.05) is 19.5 Å². The Balaban J connectivity index is 2.25. The quantitative estimate of drug-likeness (QED) is 0.565. The molecule has 0 saturated carbocycles. The van der Waals surface area contributed by atoms with E-state index in [0.717, 1.165) is 6.26 Å². The van der Waals surface area contributed by atoms with Crippen LogP contribution >= 0.6 is 0 Å². The van der Waals surface area contributed by atoms with Gasteiger partial charge in [-0.15, -0.1) is 0 Å². The molecule has 0 spiro atoms. The molecule has 0 heterocycles. The summed E-state index contributed by atoms with van der Waals surface area (Å²) in [6, 6.07) is 8.70. The fraction of sp³-hybridized carbons (Fsp3) is 0.364. The number of rotatable bonds is 6. The molecule has 92 valence electrons. The second kappa shape index (κ2) is 6.23. The lowest BCUT2D eigenvalue weighted by atomic mass is 10.2. The normalized spacial score (nSPS) is 10.8. The molecule has 0 bridgehead atoms. The summed E-state index contributed by atoms with van der Waals surface area (Å²) in [5, 5.41) is 8.59. The van der Waals surface area contributed by atoms with Crippen LogP contribution in [-0.2, 0) is 14.3 Å². The van der Waals surface area contributed by atoms with Gasteiger partial charge in [-0.3, -0.25) is 4.18 Å². The van der Waals surface area contributed by atoms with Crippen LogP contribution in [0.3, 0.4) is 0 Å². The van der Waals surface area contributed by atoms with Crippen LogP contribution in [0.2, 0.25) is 0 Å². The van der Waals surface area contributed by atoms with Crippen molar-refractivity contribution < 1.29 is 17.3 Å². The fourth-order valence-electron chi connectivity index (χ4n) is 1.08. The summed E-state index contributed by atoms with van der Waals surface area (Å²) in [5.41, 5.74) is 0.567. The minimum absolute atomic E-state index is 0.106. The van der Waals surface area contributed by atoms with Crippen molar-refractivity contribution in [3.8, 4) is 11.8 Å². The van der Waals surface area contributed by atoms with Crippen molar-refractivity contribution >= 4 is 10.1 Å². The van der Waals surface area contributed by atoms with E-state index in [2.05, 4.69) is 4.18 Å². The van der Waals surface area contributed by atoms with Gasteiger partial charge in [-0.2, -0.15) is 13.7 Å². The average Bonchev–Trinajstić information content (AvgIpc) is 2.28. The molecule has 0 radical (unpaired) electrons. The molecule has 17 heavy (non-hydrogen) atoms. The van der Waals surface area contributed by atoms with Crippen molar-refractivity contribution in [2.45, 2.75) is 6.42 Å². The number of nitriles is 1. The molecule has 0 saturated heterocycles. The van der Waals surface area contributed by atoms with E-state index in [0.29, 0.717) is 24.3 Å². The Morgan fingerprint density at radius 1 is 1.24 bits per heavy atom. The monoisotopic (exact) mass is 255 g/mol. The maximum Gasteiger partial charge on any atom is 0.264 e. The smallest absolute Gasteiger partial charge is 0.264 e. The van der Waals surface area contributed by atoms with Gasteiger partial charge in [-0.05, 0) is 24.3 Å². The first-order chi connectivity index (χ1) is 8.01. The molecule has 1 rings (SSSR count). The molecule has 0 aliphatic heterocycles. The first-order valence-electron chi connectivity index (χ1n) is 4.98. The molecular formula is C11H13NO4S. The molecule has 0 fully saturated rings. The molecular weight excluding hydrogens is 242 g/mol. The Morgan fingerprint density at radius 3 is 2.41 bits per heavy atom. The number of ether oxygens (including phenoxy) is 1. The highest BCUT2D eigenvalue weighted by atomic mass is 32.2. The molecule has 0 amide bonds. The third kappa shape index (κ3) is 5.90. The molecule has 0 N–H and O–H groups in total. The molecule has 0 aliphatic rings. The molecule has 6 heteroatoms. The third-order valence-corrected chi connectivity index (χ3v) is 2.43. The van der Waals surface area contributed by atoms with Crippen molar-refractivity contribution in [3.05, 3.63) is 29.8 Å². The van der Waals surface area contributed by atoms with Gasteiger partial charge in [-0.1, -0.05) is 0 Å². The summed E-state index contributed by atoms with van der Waals surface area (Å²) in [6.07, 6.45) is 1.49. The van der Waals surface area contributed by atoms with Gasteiger partial charge in [0, 0.05) is 6.42 Å². The van der Waals surface area contributed by atoms with Crippen molar-refractivity contribution in [1.82, 2.24) is 0 Å². The zero-order valence-electron chi connectivity index (χ0n) is 9.42. The van der Waals surface area contributed by atoms with E-state index in [1.807, 2.05) is 6.07 Å². The van der Waals surface area contributed by atoms with Gasteiger partial charge in [0.05, 0.1) is 31.1 Å². The van der Waals surface area contributed by atoms with Crippen LogP contribution in [0.4, 0.5) is 0 Å². The van der Waals surface area contributed by atoms with E-state index >= 15 is 0 Å². The first kappa shape index (κ1) is 13.5. The number of hydrogen-bond acceptors (Lipinski definition) is 5. The Labute approximate surface area is 101 Å².